The summed E-state index contributed by atoms with van der Waals surface area (Å²) in [4.78, 5) is 15.6. The molecule has 2 rings (SSSR count). The molecule has 0 unspecified atom stereocenters. The Morgan fingerprint density at radius 2 is 1.79 bits per heavy atom. The number of benzene rings is 1. The molecule has 1 amide bonds. The van der Waals surface area contributed by atoms with Crippen molar-refractivity contribution >= 4 is 27.5 Å². The number of methoxy groups -OCH3 is 1. The van der Waals surface area contributed by atoms with Gasteiger partial charge in [0.05, 0.1) is 5.33 Å². The highest BCUT2D eigenvalue weighted by molar-refractivity contribution is 9.09. The van der Waals surface area contributed by atoms with Crippen LogP contribution in [0, 0.1) is 0 Å². The van der Waals surface area contributed by atoms with Crippen molar-refractivity contribution in [3.8, 4) is 0 Å². The van der Waals surface area contributed by atoms with Crippen LogP contribution >= 0.6 is 15.9 Å². The third-order valence-corrected chi connectivity index (χ3v) is 6.08. The molecule has 1 aromatic carbocycles. The molecule has 188 valence electrons. The second-order valence-corrected chi connectivity index (χ2v) is 8.40. The van der Waals surface area contributed by atoms with E-state index >= 15 is 0 Å². The van der Waals surface area contributed by atoms with Crippen LogP contribution in [0.1, 0.15) is 31.4 Å². The predicted molar refractivity (Wildman–Crippen MR) is 114 cm³/mol. The Labute approximate surface area is 197 Å². The number of carbonyl (C=O) groups excluding carboxylic acids is 1. The van der Waals surface area contributed by atoms with E-state index in [4.69, 9.17) is 0 Å². The van der Waals surface area contributed by atoms with Crippen molar-refractivity contribution < 1.29 is 40.6 Å². The zero-order chi connectivity index (χ0) is 25.0. The van der Waals surface area contributed by atoms with Gasteiger partial charge in [0.15, 0.2) is 0 Å². The number of ether oxygens (including phenoxy) is 2. The maximum absolute atomic E-state index is 13.9. The molecule has 33 heavy (non-hydrogen) atoms. The number of alkyl halides is 7. The third-order valence-electron chi connectivity index (χ3n) is 5.60. The summed E-state index contributed by atoms with van der Waals surface area (Å²) in [6.45, 7) is 3.64. The van der Waals surface area contributed by atoms with Gasteiger partial charge in [-0.25, -0.2) is 0 Å². The lowest BCUT2D eigenvalue weighted by Gasteiger charge is -2.42. The van der Waals surface area contributed by atoms with Gasteiger partial charge in [-0.2, -0.15) is 26.3 Å². The van der Waals surface area contributed by atoms with Crippen LogP contribution < -0.4 is 4.90 Å². The molecule has 1 aromatic rings. The number of hydrogen-bond donors (Lipinski definition) is 0. The summed E-state index contributed by atoms with van der Waals surface area (Å²) in [6.07, 6.45) is -10.8. The lowest BCUT2D eigenvalue weighted by Crippen LogP contribution is -2.56. The summed E-state index contributed by atoms with van der Waals surface area (Å²) in [5.74, 6) is -0.0818. The van der Waals surface area contributed by atoms with E-state index in [2.05, 4.69) is 25.4 Å². The fourth-order valence-electron chi connectivity index (χ4n) is 4.09. The van der Waals surface area contributed by atoms with Gasteiger partial charge in [0.1, 0.15) is 6.79 Å². The minimum atomic E-state index is -5.77. The normalized spacial score (nSPS) is 18.1. The second kappa shape index (κ2) is 10.8. The number of nitrogens with zero attached hydrogens (tertiary/aromatic N) is 2. The lowest BCUT2D eigenvalue weighted by molar-refractivity contribution is -0.400. The first-order valence-corrected chi connectivity index (χ1v) is 11.5. The van der Waals surface area contributed by atoms with Crippen LogP contribution in [0.4, 0.5) is 32.0 Å². The summed E-state index contributed by atoms with van der Waals surface area (Å²) in [7, 11) is 0.949. The van der Waals surface area contributed by atoms with Crippen LogP contribution in [0.15, 0.2) is 18.2 Å². The van der Waals surface area contributed by atoms with Crippen LogP contribution in [0.5, 0.6) is 0 Å². The molecule has 0 aromatic heterocycles. The van der Waals surface area contributed by atoms with Gasteiger partial charge in [-0.1, -0.05) is 41.4 Å². The van der Waals surface area contributed by atoms with Gasteiger partial charge < -0.3 is 19.3 Å². The Balaban J connectivity index is 2.53. The van der Waals surface area contributed by atoms with Crippen LogP contribution in [-0.4, -0.2) is 68.1 Å². The molecule has 12 heteroatoms. The van der Waals surface area contributed by atoms with Crippen molar-refractivity contribution in [1.82, 2.24) is 4.90 Å². The lowest BCUT2D eigenvalue weighted by atomic mass is 9.89. The Morgan fingerprint density at radius 3 is 2.27 bits per heavy atom. The number of anilines is 1. The molecule has 1 fully saturated rings. The van der Waals surface area contributed by atoms with Crippen LogP contribution in [0.3, 0.4) is 0 Å². The number of halogens is 7. The molecule has 0 bridgehead atoms. The molecule has 0 saturated carbocycles. The Bertz CT molecular complexity index is 804. The van der Waals surface area contributed by atoms with Crippen LogP contribution in [0.25, 0.3) is 0 Å². The van der Waals surface area contributed by atoms with Crippen molar-refractivity contribution in [3.05, 3.63) is 29.3 Å². The van der Waals surface area contributed by atoms with Gasteiger partial charge in [0.2, 0.25) is 5.91 Å². The number of amides is 1. The van der Waals surface area contributed by atoms with Crippen LogP contribution in [-0.2, 0) is 26.3 Å². The van der Waals surface area contributed by atoms with E-state index in [1.165, 1.54) is 6.07 Å². The number of hydrogen-bond acceptors (Lipinski definition) is 4. The highest BCUT2D eigenvalue weighted by Crippen LogP contribution is 2.53. The first-order valence-electron chi connectivity index (χ1n) is 10.3. The number of carbonyl (C=O) groups is 1. The van der Waals surface area contributed by atoms with Gasteiger partial charge >= 0.3 is 12.4 Å². The van der Waals surface area contributed by atoms with Gasteiger partial charge in [0.25, 0.3) is 5.60 Å². The van der Waals surface area contributed by atoms with Gasteiger partial charge in [0, 0.05) is 44.0 Å². The van der Waals surface area contributed by atoms with Crippen molar-refractivity contribution in [2.24, 2.45) is 0 Å². The number of piperazine rings is 1. The summed E-state index contributed by atoms with van der Waals surface area (Å²) in [6, 6.07) is 2.84. The highest BCUT2D eigenvalue weighted by Gasteiger charge is 2.73. The van der Waals surface area contributed by atoms with Gasteiger partial charge in [-0.05, 0) is 25.0 Å². The SMILES string of the molecule is CCCc1cc(C(OCOC)(C(F)(F)F)C(F)(F)F)ccc1N1CCN(C(=O)CBr)[C@@H](C)C1. The first-order chi connectivity index (χ1) is 15.3. The molecule has 1 aliphatic rings. The summed E-state index contributed by atoms with van der Waals surface area (Å²) in [5.41, 5.74) is -4.68. The molecule has 0 aliphatic carbocycles. The molecule has 0 spiro atoms. The molecular formula is C21H27BrF6N2O3. The van der Waals surface area contributed by atoms with Crippen LogP contribution in [0.2, 0.25) is 0 Å². The summed E-state index contributed by atoms with van der Waals surface area (Å²) < 4.78 is 92.2. The molecule has 1 saturated heterocycles. The molecule has 5 nitrogen and oxygen atoms in total. The van der Waals surface area contributed by atoms with Gasteiger partial charge in [-0.15, -0.1) is 0 Å². The summed E-state index contributed by atoms with van der Waals surface area (Å²) in [5, 5.41) is 0.172. The van der Waals surface area contributed by atoms with Crippen molar-refractivity contribution in [2.45, 2.75) is 50.7 Å². The first kappa shape index (κ1) is 27.7. The van der Waals surface area contributed by atoms with Crippen molar-refractivity contribution in [1.29, 1.82) is 0 Å². The average Bonchev–Trinajstić information content (AvgIpc) is 2.72. The smallest absolute Gasteiger partial charge is 0.367 e. The third kappa shape index (κ3) is 5.59. The molecular weight excluding hydrogens is 522 g/mol. The average molecular weight is 549 g/mol. The van der Waals surface area contributed by atoms with E-state index in [1.54, 1.807) is 11.8 Å². The zero-order valence-electron chi connectivity index (χ0n) is 18.5. The van der Waals surface area contributed by atoms with E-state index in [9.17, 15) is 31.1 Å². The Kier molecular flexibility index (Phi) is 9.08. The van der Waals surface area contributed by atoms with E-state index in [-0.39, 0.29) is 23.7 Å². The standard InChI is InChI=1S/C21H27BrF6N2O3/c1-4-5-15-10-16(19(20(23,24)25,21(26,27)28)33-13-32-3)6-7-17(15)29-8-9-30(14(2)12-29)18(31)11-22/h6-7,10,14H,4-5,8-9,11-13H2,1-3H3/t14-/m0/s1. The fourth-order valence-corrected chi connectivity index (χ4v) is 4.41. The van der Waals surface area contributed by atoms with Gasteiger partial charge in [-0.3, -0.25) is 4.79 Å². The maximum atomic E-state index is 13.9. The molecule has 0 radical (unpaired) electrons. The molecule has 1 heterocycles. The van der Waals surface area contributed by atoms with E-state index < -0.39 is 30.3 Å². The molecule has 1 aliphatic heterocycles. The Morgan fingerprint density at radius 1 is 1.15 bits per heavy atom. The van der Waals surface area contributed by atoms with Crippen molar-refractivity contribution in [3.63, 3.8) is 0 Å². The van der Waals surface area contributed by atoms with E-state index in [1.807, 2.05) is 11.8 Å². The fraction of sp³-hybridized carbons (Fsp3) is 0.667. The largest absolute Gasteiger partial charge is 0.430 e. The molecule has 1 atom stereocenters. The van der Waals surface area contributed by atoms with E-state index in [0.717, 1.165) is 19.2 Å². The monoisotopic (exact) mass is 548 g/mol. The van der Waals surface area contributed by atoms with Crippen molar-refractivity contribution in [2.75, 3.05) is 43.8 Å². The molecule has 0 N–H and O–H groups in total. The maximum Gasteiger partial charge on any atom is 0.430 e. The Hall–Kier alpha value is -1.53. The predicted octanol–water partition coefficient (Wildman–Crippen LogP) is 5.01. The quantitative estimate of drug-likeness (QED) is 0.260. The second-order valence-electron chi connectivity index (χ2n) is 7.84. The summed E-state index contributed by atoms with van der Waals surface area (Å²) >= 11 is 3.14. The zero-order valence-corrected chi connectivity index (χ0v) is 20.1. The number of rotatable bonds is 8. The topological polar surface area (TPSA) is 42.0 Å². The van der Waals surface area contributed by atoms with E-state index in [0.29, 0.717) is 37.3 Å². The minimum Gasteiger partial charge on any atom is -0.367 e. The highest BCUT2D eigenvalue weighted by atomic mass is 79.9. The number of aryl methyl sites for hydroxylation is 1. The minimum absolute atomic E-state index is 0.0818.